The Morgan fingerprint density at radius 1 is 0.881 bits per heavy atom. The number of aliphatic hydroxyl groups excluding tert-OH is 5. The third-order valence-corrected chi connectivity index (χ3v) is 8.09. The number of benzene rings is 2. The molecular formula is C30H42N4O8. The van der Waals surface area contributed by atoms with Gasteiger partial charge in [-0.3, -0.25) is 10.00 Å². The van der Waals surface area contributed by atoms with Gasteiger partial charge in [-0.2, -0.15) is 0 Å². The highest BCUT2D eigenvalue weighted by Crippen LogP contribution is 2.31. The number of nitrogens with one attached hydrogen (secondary N) is 1. The number of β-amino-alcohol motifs (C(OH)–C–C–N with tert-alkyl or cyclic N) is 1. The molecule has 2 aliphatic heterocycles. The number of nitrogens with zero attached hydrogens (tertiary/aromatic N) is 3. The number of aromatic nitrogens is 2. The molecule has 0 saturated carbocycles. The van der Waals surface area contributed by atoms with Crippen LogP contribution >= 0.6 is 0 Å². The summed E-state index contributed by atoms with van der Waals surface area (Å²) in [4.78, 5) is 4.74. The van der Waals surface area contributed by atoms with Crippen LogP contribution in [0.5, 0.6) is 11.6 Å². The first-order chi connectivity index (χ1) is 20.5. The molecule has 0 unspecified atom stereocenters. The van der Waals surface area contributed by atoms with Gasteiger partial charge < -0.3 is 44.6 Å². The Balaban J connectivity index is 1.12. The van der Waals surface area contributed by atoms with Crippen molar-refractivity contribution in [3.63, 3.8) is 0 Å². The van der Waals surface area contributed by atoms with Crippen molar-refractivity contribution in [1.82, 2.24) is 20.0 Å². The van der Waals surface area contributed by atoms with Gasteiger partial charge in [0.1, 0.15) is 30.2 Å². The summed E-state index contributed by atoms with van der Waals surface area (Å²) in [6.07, 6.45) is -4.45. The first-order valence-electron chi connectivity index (χ1n) is 14.7. The number of hydrogen-bond acceptors (Lipinski definition) is 11. The van der Waals surface area contributed by atoms with Gasteiger partial charge in [0.2, 0.25) is 12.2 Å². The lowest BCUT2D eigenvalue weighted by molar-refractivity contribution is -0.277. The zero-order chi connectivity index (χ0) is 29.5. The summed E-state index contributed by atoms with van der Waals surface area (Å²) in [5.74, 6) is 1.05. The Bertz CT molecular complexity index is 1250. The van der Waals surface area contributed by atoms with E-state index >= 15 is 0 Å². The van der Waals surface area contributed by atoms with Crippen molar-refractivity contribution in [2.75, 3.05) is 59.1 Å². The van der Waals surface area contributed by atoms with Crippen LogP contribution in [0.15, 0.2) is 42.5 Å². The number of ether oxygens (including phenoxy) is 3. The van der Waals surface area contributed by atoms with Crippen molar-refractivity contribution < 1.29 is 39.7 Å². The molecule has 1 aromatic heterocycles. The molecule has 12 nitrogen and oxygen atoms in total. The van der Waals surface area contributed by atoms with Gasteiger partial charge in [0.05, 0.1) is 30.7 Å². The zero-order valence-electron chi connectivity index (χ0n) is 23.7. The number of aromatic amines is 1. The zero-order valence-corrected chi connectivity index (χ0v) is 23.7. The number of piperazine rings is 1. The quantitative estimate of drug-likeness (QED) is 0.148. The molecule has 0 amide bonds. The molecular weight excluding hydrogens is 544 g/mol. The number of aliphatic hydroxyl groups is 5. The molecule has 0 radical (unpaired) electrons. The Morgan fingerprint density at radius 2 is 1.62 bits per heavy atom. The molecule has 3 aromatic rings. The van der Waals surface area contributed by atoms with Crippen LogP contribution in [-0.4, -0.2) is 135 Å². The fourth-order valence-electron chi connectivity index (χ4n) is 5.57. The SMILES string of the molecule is OCCN1CCN(CCCOc2ccc(CCc3cccc4[nH]nc(O[C@@H]5O[C@H](CO)[C@@H](O)[C@H](O)[C@H]5O)c34)cc2)CC1. The number of H-pyrrole nitrogens is 1. The predicted octanol–water partition coefficient (Wildman–Crippen LogP) is -0.0944. The summed E-state index contributed by atoms with van der Waals surface area (Å²) < 4.78 is 17.3. The van der Waals surface area contributed by atoms with Crippen LogP contribution in [0.1, 0.15) is 17.5 Å². The highest BCUT2D eigenvalue weighted by atomic mass is 16.7. The van der Waals surface area contributed by atoms with Crippen molar-refractivity contribution in [1.29, 1.82) is 0 Å². The van der Waals surface area contributed by atoms with Crippen LogP contribution in [-0.2, 0) is 17.6 Å². The standard InChI is InChI=1S/C30H42N4O8/c35-17-16-34-14-12-33(13-15-34)11-2-18-40-22-9-6-20(7-10-22)5-8-21-3-1-4-23-25(21)29(32-31-23)42-30-28(39)27(38)26(37)24(19-36)41-30/h1,3-4,6-7,9-10,24,26-28,30,35-39H,2,5,8,11-19H2,(H,31,32)/t24-,26-,27+,28-,30+/m1/s1. The van der Waals surface area contributed by atoms with Gasteiger partial charge in [0.25, 0.3) is 0 Å². The van der Waals surface area contributed by atoms with Crippen molar-refractivity contribution in [3.05, 3.63) is 53.6 Å². The maximum absolute atomic E-state index is 10.4. The van der Waals surface area contributed by atoms with E-state index in [1.54, 1.807) is 0 Å². The van der Waals surface area contributed by atoms with Gasteiger partial charge in [0, 0.05) is 39.3 Å². The maximum Gasteiger partial charge on any atom is 0.243 e. The van der Waals surface area contributed by atoms with E-state index in [2.05, 4.69) is 32.1 Å². The van der Waals surface area contributed by atoms with Crippen LogP contribution in [0.25, 0.3) is 10.9 Å². The molecule has 42 heavy (non-hydrogen) atoms. The van der Waals surface area contributed by atoms with E-state index in [0.29, 0.717) is 13.0 Å². The molecule has 5 atom stereocenters. The molecule has 0 aliphatic carbocycles. The van der Waals surface area contributed by atoms with Crippen LogP contribution in [0.4, 0.5) is 0 Å². The van der Waals surface area contributed by atoms with Gasteiger partial charge in [-0.05, 0) is 48.6 Å². The Labute approximate surface area is 245 Å². The van der Waals surface area contributed by atoms with Gasteiger partial charge in [-0.15, -0.1) is 5.10 Å². The van der Waals surface area contributed by atoms with Crippen molar-refractivity contribution in [2.45, 2.75) is 50.0 Å². The summed E-state index contributed by atoms with van der Waals surface area (Å²) in [6, 6.07) is 13.9. The Morgan fingerprint density at radius 3 is 2.33 bits per heavy atom. The smallest absolute Gasteiger partial charge is 0.243 e. The monoisotopic (exact) mass is 586 g/mol. The fourth-order valence-corrected chi connectivity index (χ4v) is 5.57. The van der Waals surface area contributed by atoms with E-state index in [1.807, 2.05) is 30.3 Å². The number of aryl methyl sites for hydroxylation is 2. The van der Waals surface area contributed by atoms with E-state index in [4.69, 9.17) is 19.3 Å². The lowest BCUT2D eigenvalue weighted by Gasteiger charge is -2.39. The molecule has 6 N–H and O–H groups in total. The first-order valence-corrected chi connectivity index (χ1v) is 14.7. The minimum absolute atomic E-state index is 0.209. The third kappa shape index (κ3) is 7.39. The Hall–Kier alpha value is -2.81. The van der Waals surface area contributed by atoms with Crippen LogP contribution in [0, 0.1) is 0 Å². The van der Waals surface area contributed by atoms with Gasteiger partial charge in [-0.25, -0.2) is 0 Å². The largest absolute Gasteiger partial charge is 0.494 e. The maximum atomic E-state index is 10.4. The van der Waals surface area contributed by atoms with Crippen LogP contribution in [0.2, 0.25) is 0 Å². The minimum atomic E-state index is -1.53. The number of rotatable bonds is 13. The summed E-state index contributed by atoms with van der Waals surface area (Å²) in [5.41, 5.74) is 2.89. The van der Waals surface area contributed by atoms with Gasteiger partial charge in [-0.1, -0.05) is 24.3 Å². The molecule has 230 valence electrons. The highest BCUT2D eigenvalue weighted by molar-refractivity contribution is 5.87. The van der Waals surface area contributed by atoms with Gasteiger partial charge >= 0.3 is 0 Å². The molecule has 3 heterocycles. The van der Waals surface area contributed by atoms with E-state index in [9.17, 15) is 20.4 Å². The molecule has 12 heteroatoms. The number of hydrogen-bond donors (Lipinski definition) is 6. The molecule has 2 saturated heterocycles. The van der Waals surface area contributed by atoms with Crippen molar-refractivity contribution >= 4 is 10.9 Å². The minimum Gasteiger partial charge on any atom is -0.494 e. The second kappa shape index (κ2) is 14.6. The summed E-state index contributed by atoms with van der Waals surface area (Å²) in [6.45, 7) is 6.18. The van der Waals surface area contributed by atoms with E-state index in [1.165, 1.54) is 0 Å². The Kier molecular flexibility index (Phi) is 10.6. The highest BCUT2D eigenvalue weighted by Gasteiger charge is 2.45. The van der Waals surface area contributed by atoms with E-state index in [-0.39, 0.29) is 12.5 Å². The summed E-state index contributed by atoms with van der Waals surface area (Å²) >= 11 is 0. The molecule has 0 spiro atoms. The lowest BCUT2D eigenvalue weighted by atomic mass is 9.99. The summed E-state index contributed by atoms with van der Waals surface area (Å²) in [7, 11) is 0. The van der Waals surface area contributed by atoms with Crippen molar-refractivity contribution in [2.24, 2.45) is 0 Å². The van der Waals surface area contributed by atoms with E-state index < -0.39 is 37.3 Å². The first kappa shape index (κ1) is 30.6. The van der Waals surface area contributed by atoms with Crippen LogP contribution < -0.4 is 9.47 Å². The molecule has 2 aromatic carbocycles. The van der Waals surface area contributed by atoms with Crippen LogP contribution in [0.3, 0.4) is 0 Å². The number of fused-ring (bicyclic) bond motifs is 1. The molecule has 0 bridgehead atoms. The second-order valence-corrected chi connectivity index (χ2v) is 10.9. The van der Waals surface area contributed by atoms with Gasteiger partial charge in [0.15, 0.2) is 0 Å². The third-order valence-electron chi connectivity index (χ3n) is 8.09. The average molecular weight is 587 g/mol. The summed E-state index contributed by atoms with van der Waals surface area (Å²) in [5, 5.41) is 57.0. The normalized spacial score (nSPS) is 25.6. The fraction of sp³-hybridized carbons (Fsp3) is 0.567. The second-order valence-electron chi connectivity index (χ2n) is 10.9. The van der Waals surface area contributed by atoms with E-state index in [0.717, 1.165) is 79.9 Å². The topological polar surface area (TPSA) is 164 Å². The lowest BCUT2D eigenvalue weighted by Crippen LogP contribution is -2.60. The molecule has 2 fully saturated rings. The molecule has 2 aliphatic rings. The van der Waals surface area contributed by atoms with Crippen molar-refractivity contribution in [3.8, 4) is 11.6 Å². The predicted molar refractivity (Wildman–Crippen MR) is 154 cm³/mol. The average Bonchev–Trinajstić information content (AvgIpc) is 3.43. The molecule has 5 rings (SSSR count).